The van der Waals surface area contributed by atoms with Crippen LogP contribution in [0.5, 0.6) is 0 Å². The quantitative estimate of drug-likeness (QED) is 0.140. The first-order chi connectivity index (χ1) is 53.6. The van der Waals surface area contributed by atoms with Crippen molar-refractivity contribution in [3.63, 3.8) is 0 Å². The molecule has 4 heterocycles. The van der Waals surface area contributed by atoms with E-state index >= 15 is 0 Å². The molecule has 0 fully saturated rings. The SMILES string of the molecule is c1ccc(-c2c3ccccc3c(-c3ccc(-c4cc5sc6ccc(-c7ccc(-c8c9ccccc9c(-c9ccc(-c%10c%11sc%12ccccc%12c%11cc%11c%10sc%10c%12ccccc%12ccc%11%10)c%10ccccc9%10)c9ccccc89)cc7)cc6c5c5c4sc4cc6ccccc6cc45)c4ccccc34)c3ccccc23)cc1. The minimum atomic E-state index is 1.19. The van der Waals surface area contributed by atoms with Gasteiger partial charge in [-0.1, -0.05) is 309 Å². The Labute approximate surface area is 636 Å². The normalized spacial score (nSPS) is 12.3. The van der Waals surface area contributed by atoms with E-state index in [0.717, 1.165) is 0 Å². The minimum absolute atomic E-state index is 1.19. The Morgan fingerprint density at radius 1 is 0.139 bits per heavy atom. The Morgan fingerprint density at radius 3 is 1.16 bits per heavy atom. The number of hydrogen-bond donors (Lipinski definition) is 0. The summed E-state index contributed by atoms with van der Waals surface area (Å²) in [4.78, 5) is 0. The second kappa shape index (κ2) is 23.4. The first kappa shape index (κ1) is 60.6. The summed E-state index contributed by atoms with van der Waals surface area (Å²) in [6.07, 6.45) is 0. The van der Waals surface area contributed by atoms with Gasteiger partial charge in [-0.05, 0) is 195 Å². The van der Waals surface area contributed by atoms with Gasteiger partial charge in [-0.25, -0.2) is 0 Å². The van der Waals surface area contributed by atoms with Crippen LogP contribution in [0.15, 0.2) is 352 Å². The van der Waals surface area contributed by atoms with Gasteiger partial charge in [0.15, 0.2) is 0 Å². The maximum Gasteiger partial charge on any atom is 0.0448 e. The highest BCUT2D eigenvalue weighted by atomic mass is 32.1. The van der Waals surface area contributed by atoms with Gasteiger partial charge >= 0.3 is 0 Å². The van der Waals surface area contributed by atoms with Crippen LogP contribution in [0.3, 0.4) is 0 Å². The smallest absolute Gasteiger partial charge is 0.0448 e. The number of thiophene rings is 4. The molecule has 0 atom stereocenters. The molecule has 20 aromatic carbocycles. The molecule has 0 saturated carbocycles. The maximum atomic E-state index is 2.53. The predicted molar refractivity (Wildman–Crippen MR) is 476 cm³/mol. The molecule has 498 valence electrons. The summed E-state index contributed by atoms with van der Waals surface area (Å²) in [5, 5.41) is 30.7. The van der Waals surface area contributed by atoms with Gasteiger partial charge in [-0.2, -0.15) is 0 Å². The fraction of sp³-hybridized carbons (Fsp3) is 0. The van der Waals surface area contributed by atoms with E-state index in [9.17, 15) is 0 Å². The molecule has 108 heavy (non-hydrogen) atoms. The van der Waals surface area contributed by atoms with Crippen LogP contribution in [0.25, 0.3) is 245 Å². The highest BCUT2D eigenvalue weighted by Crippen LogP contribution is 2.56. The van der Waals surface area contributed by atoms with Gasteiger partial charge in [0, 0.05) is 91.8 Å². The summed E-state index contributed by atoms with van der Waals surface area (Å²) in [7, 11) is 0. The Balaban J connectivity index is 0.648. The number of rotatable bonds is 7. The lowest BCUT2D eigenvalue weighted by molar-refractivity contribution is 1.64. The summed E-state index contributed by atoms with van der Waals surface area (Å²) in [5.41, 5.74) is 17.5. The largest absolute Gasteiger partial charge is 0.135 e. The zero-order valence-electron chi connectivity index (χ0n) is 58.1. The molecular formula is C104H58S4. The lowest BCUT2D eigenvalue weighted by Gasteiger charge is -2.20. The van der Waals surface area contributed by atoms with Gasteiger partial charge in [0.1, 0.15) is 0 Å². The Morgan fingerprint density at radius 2 is 0.556 bits per heavy atom. The molecule has 24 aromatic rings. The van der Waals surface area contributed by atoms with Crippen molar-refractivity contribution in [2.75, 3.05) is 0 Å². The Bertz CT molecular complexity index is 7930. The van der Waals surface area contributed by atoms with Crippen LogP contribution in [-0.2, 0) is 0 Å². The first-order valence-electron chi connectivity index (χ1n) is 37.1. The van der Waals surface area contributed by atoms with Gasteiger partial charge in [0.2, 0.25) is 0 Å². The van der Waals surface area contributed by atoms with Crippen LogP contribution in [0.2, 0.25) is 0 Å². The van der Waals surface area contributed by atoms with Crippen molar-refractivity contribution in [1.82, 2.24) is 0 Å². The summed E-state index contributed by atoms with van der Waals surface area (Å²) >= 11 is 7.76. The van der Waals surface area contributed by atoms with Crippen molar-refractivity contribution in [3.05, 3.63) is 352 Å². The fourth-order valence-corrected chi connectivity index (χ4v) is 23.8. The first-order valence-corrected chi connectivity index (χ1v) is 40.4. The number of fused-ring (bicyclic) bond motifs is 22. The second-order valence-corrected chi connectivity index (χ2v) is 33.2. The van der Waals surface area contributed by atoms with Crippen molar-refractivity contribution in [3.8, 4) is 77.9 Å². The molecule has 0 amide bonds. The van der Waals surface area contributed by atoms with Gasteiger partial charge < -0.3 is 0 Å². The molecule has 0 radical (unpaired) electrons. The standard InChI is InChI=1S/C104H58S4/c1-2-23-61(24-3-1)94-73-33-12-16-37-77(73)96(78-38-17-13-34-74(78)94)81-50-49-71(67-28-8-9-29-68(67)81)87-58-93-98(99-89-54-63-25-4-5-26-64(63)56-92(89)107-102(87)99)88-55-65(47-53-91(88)105-93)59-42-44-62(45-43-59)95-75-35-14-18-39-79(75)97(80-40-19-15-36-76(80)95)82-51-52-83(70-31-11-10-30-69(70)82)100-103-85(72-32-20-21-41-90(72)106-103)57-86-84-48-46-60-22-6-7-27-66(60)101(84)108-104(86)100/h1-58H. The van der Waals surface area contributed by atoms with E-state index in [1.54, 1.807) is 0 Å². The van der Waals surface area contributed by atoms with Crippen LogP contribution in [-0.4, -0.2) is 0 Å². The number of hydrogen-bond acceptors (Lipinski definition) is 4. The average molecular weight is 1440 g/mol. The minimum Gasteiger partial charge on any atom is -0.135 e. The van der Waals surface area contributed by atoms with Gasteiger partial charge in [0.05, 0.1) is 0 Å². The van der Waals surface area contributed by atoms with E-state index in [4.69, 9.17) is 0 Å². The third kappa shape index (κ3) is 8.83. The van der Waals surface area contributed by atoms with Crippen LogP contribution in [0.4, 0.5) is 0 Å². The molecule has 4 heteroatoms. The third-order valence-electron chi connectivity index (χ3n) is 23.4. The van der Waals surface area contributed by atoms with Crippen LogP contribution >= 0.6 is 45.3 Å². The molecule has 0 bridgehead atoms. The molecule has 0 aliphatic heterocycles. The predicted octanol–water partition coefficient (Wildman–Crippen LogP) is 32.1. The van der Waals surface area contributed by atoms with E-state index < -0.39 is 0 Å². The molecule has 0 aliphatic carbocycles. The van der Waals surface area contributed by atoms with Crippen LogP contribution < -0.4 is 0 Å². The van der Waals surface area contributed by atoms with Crippen molar-refractivity contribution >= 4 is 212 Å². The summed E-state index contributed by atoms with van der Waals surface area (Å²) in [6, 6.07) is 133. The van der Waals surface area contributed by atoms with E-state index in [-0.39, 0.29) is 0 Å². The molecule has 0 N–H and O–H groups in total. The van der Waals surface area contributed by atoms with Gasteiger partial charge in [-0.15, -0.1) is 45.3 Å². The Hall–Kier alpha value is -12.6. The van der Waals surface area contributed by atoms with Gasteiger partial charge in [0.25, 0.3) is 0 Å². The van der Waals surface area contributed by atoms with Gasteiger partial charge in [-0.3, -0.25) is 0 Å². The highest BCUT2D eigenvalue weighted by Gasteiger charge is 2.27. The highest BCUT2D eigenvalue weighted by molar-refractivity contribution is 7.30. The molecule has 4 aromatic heterocycles. The van der Waals surface area contributed by atoms with Crippen LogP contribution in [0, 0.1) is 0 Å². The fourth-order valence-electron chi connectivity index (χ4n) is 18.7. The summed E-state index contributed by atoms with van der Waals surface area (Å²) < 4.78 is 10.6. The third-order valence-corrected chi connectivity index (χ3v) is 28.2. The molecule has 0 unspecified atom stereocenters. The molecule has 24 rings (SSSR count). The molecule has 0 nitrogen and oxygen atoms in total. The Kier molecular flexibility index (Phi) is 13.1. The van der Waals surface area contributed by atoms with E-state index in [2.05, 4.69) is 352 Å². The number of benzene rings is 20. The van der Waals surface area contributed by atoms with Crippen molar-refractivity contribution in [2.24, 2.45) is 0 Å². The van der Waals surface area contributed by atoms with Crippen molar-refractivity contribution < 1.29 is 0 Å². The summed E-state index contributed by atoms with van der Waals surface area (Å²) in [6.45, 7) is 0. The van der Waals surface area contributed by atoms with Crippen LogP contribution in [0.1, 0.15) is 0 Å². The second-order valence-electron chi connectivity index (χ2n) is 29.0. The zero-order valence-corrected chi connectivity index (χ0v) is 61.4. The average Bonchev–Trinajstić information content (AvgIpc) is 1.42. The topological polar surface area (TPSA) is 0 Å². The van der Waals surface area contributed by atoms with Crippen molar-refractivity contribution in [2.45, 2.75) is 0 Å². The maximum absolute atomic E-state index is 2.53. The monoisotopic (exact) mass is 1430 g/mol. The van der Waals surface area contributed by atoms with Crippen molar-refractivity contribution in [1.29, 1.82) is 0 Å². The molecule has 0 spiro atoms. The molecule has 0 saturated heterocycles. The van der Waals surface area contributed by atoms with E-state index in [1.165, 1.54) is 245 Å². The lowest BCUT2D eigenvalue weighted by atomic mass is 9.83. The lowest BCUT2D eigenvalue weighted by Crippen LogP contribution is -1.92. The summed E-state index contributed by atoms with van der Waals surface area (Å²) in [5.74, 6) is 0. The zero-order chi connectivity index (χ0) is 70.4. The van der Waals surface area contributed by atoms with E-state index in [0.29, 0.717) is 0 Å². The molecule has 0 aliphatic rings. The molecular weight excluding hydrogens is 1380 g/mol. The van der Waals surface area contributed by atoms with E-state index in [1.807, 2.05) is 45.3 Å².